The highest BCUT2D eigenvalue weighted by Gasteiger charge is 2.17. The van der Waals surface area contributed by atoms with Crippen molar-refractivity contribution in [2.75, 3.05) is 0 Å². The lowest BCUT2D eigenvalue weighted by molar-refractivity contribution is 0.285. The number of thiophene rings is 1. The van der Waals surface area contributed by atoms with Crippen LogP contribution in [0.4, 0.5) is 0 Å². The van der Waals surface area contributed by atoms with Crippen molar-refractivity contribution in [3.05, 3.63) is 28.5 Å². The summed E-state index contributed by atoms with van der Waals surface area (Å²) < 4.78 is 28.2. The summed E-state index contributed by atoms with van der Waals surface area (Å²) >= 11 is 1.21. The number of nitrogens with one attached hydrogen (secondary N) is 1. The molecule has 0 unspecified atom stereocenters. The maximum absolute atomic E-state index is 12.0. The van der Waals surface area contributed by atoms with Gasteiger partial charge in [-0.3, -0.25) is 0 Å². The van der Waals surface area contributed by atoms with Crippen LogP contribution in [0, 0.1) is 0 Å². The Balaban J connectivity index is 2.09. The van der Waals surface area contributed by atoms with Crippen molar-refractivity contribution >= 4 is 21.4 Å². The Hall–Kier alpha value is -1.29. The van der Waals surface area contributed by atoms with Crippen molar-refractivity contribution in [2.45, 2.75) is 31.5 Å². The molecule has 0 aliphatic heterocycles. The monoisotopic (exact) mass is 302 g/mol. The van der Waals surface area contributed by atoms with E-state index in [1.807, 2.05) is 6.92 Å². The van der Waals surface area contributed by atoms with Gasteiger partial charge < -0.3 is 9.67 Å². The van der Waals surface area contributed by atoms with E-state index in [1.165, 1.54) is 22.8 Å². The molecule has 7 nitrogen and oxygen atoms in total. The number of rotatable bonds is 6. The van der Waals surface area contributed by atoms with E-state index in [2.05, 4.69) is 14.9 Å². The summed E-state index contributed by atoms with van der Waals surface area (Å²) in [6, 6.07) is 1.46. The summed E-state index contributed by atoms with van der Waals surface area (Å²) in [5.41, 5.74) is 0. The summed E-state index contributed by atoms with van der Waals surface area (Å²) in [6.45, 7) is 2.52. The Labute approximate surface area is 115 Å². The van der Waals surface area contributed by atoms with Crippen LogP contribution in [0.5, 0.6) is 0 Å². The van der Waals surface area contributed by atoms with E-state index < -0.39 is 10.0 Å². The summed E-state index contributed by atoms with van der Waals surface area (Å²) in [7, 11) is -3.58. The van der Waals surface area contributed by atoms with Crippen LogP contribution in [0.2, 0.25) is 0 Å². The predicted octanol–water partition coefficient (Wildman–Crippen LogP) is 0.330. The normalized spacial score (nSPS) is 11.9. The van der Waals surface area contributed by atoms with E-state index in [-0.39, 0.29) is 18.0 Å². The molecule has 0 saturated carbocycles. The van der Waals surface area contributed by atoms with Gasteiger partial charge in [0.1, 0.15) is 12.2 Å². The van der Waals surface area contributed by atoms with E-state index in [1.54, 1.807) is 10.9 Å². The van der Waals surface area contributed by atoms with Crippen LogP contribution >= 0.6 is 11.3 Å². The van der Waals surface area contributed by atoms with Crippen LogP contribution in [0.15, 0.2) is 22.7 Å². The zero-order valence-corrected chi connectivity index (χ0v) is 11.9. The molecule has 0 saturated heterocycles. The lowest BCUT2D eigenvalue weighted by atomic mass is 10.5. The number of sulfonamides is 1. The van der Waals surface area contributed by atoms with E-state index >= 15 is 0 Å². The molecule has 2 aromatic heterocycles. The molecule has 2 heterocycles. The van der Waals surface area contributed by atoms with Gasteiger partial charge in [0, 0.05) is 16.8 Å². The zero-order valence-electron chi connectivity index (χ0n) is 10.3. The van der Waals surface area contributed by atoms with Crippen molar-refractivity contribution in [3.63, 3.8) is 0 Å². The molecule has 0 aliphatic carbocycles. The fourth-order valence-corrected chi connectivity index (χ4v) is 3.62. The van der Waals surface area contributed by atoms with Gasteiger partial charge in [-0.1, -0.05) is 0 Å². The molecule has 0 fully saturated rings. The Morgan fingerprint density at radius 2 is 2.32 bits per heavy atom. The molecule has 2 aromatic rings. The first kappa shape index (κ1) is 14.1. The molecule has 0 atom stereocenters. The molecular formula is C10H14N4O3S2. The zero-order chi connectivity index (χ0) is 13.9. The maximum Gasteiger partial charge on any atom is 0.241 e. The van der Waals surface area contributed by atoms with Gasteiger partial charge in [-0.25, -0.2) is 13.1 Å². The van der Waals surface area contributed by atoms with Gasteiger partial charge in [0.15, 0.2) is 0 Å². The average molecular weight is 302 g/mol. The Morgan fingerprint density at radius 1 is 1.53 bits per heavy atom. The molecule has 2 N–H and O–H groups in total. The first-order valence-corrected chi connectivity index (χ1v) is 7.97. The SMILES string of the molecule is CCn1cnnc1CNS(=O)(=O)c1csc(CO)c1. The molecule has 19 heavy (non-hydrogen) atoms. The van der Waals surface area contributed by atoms with Gasteiger partial charge in [-0.05, 0) is 13.0 Å². The Bertz CT molecular complexity index is 647. The van der Waals surface area contributed by atoms with Crippen LogP contribution in [0.1, 0.15) is 17.6 Å². The average Bonchev–Trinajstić information content (AvgIpc) is 3.05. The number of aliphatic hydroxyl groups is 1. The molecule has 2 rings (SSSR count). The van der Waals surface area contributed by atoms with Crippen molar-refractivity contribution in [1.82, 2.24) is 19.5 Å². The number of aryl methyl sites for hydroxylation is 1. The van der Waals surface area contributed by atoms with Crippen LogP contribution in [0.25, 0.3) is 0 Å². The number of hydrogen-bond donors (Lipinski definition) is 2. The fraction of sp³-hybridized carbons (Fsp3) is 0.400. The highest BCUT2D eigenvalue weighted by Crippen LogP contribution is 2.19. The molecule has 0 bridgehead atoms. The summed E-state index contributed by atoms with van der Waals surface area (Å²) in [5.74, 6) is 0.559. The summed E-state index contributed by atoms with van der Waals surface area (Å²) in [6.07, 6.45) is 1.55. The third-order valence-electron chi connectivity index (χ3n) is 2.55. The quantitative estimate of drug-likeness (QED) is 0.801. The molecule has 104 valence electrons. The molecule has 0 aliphatic rings. The van der Waals surface area contributed by atoms with Crippen LogP contribution < -0.4 is 4.72 Å². The smallest absolute Gasteiger partial charge is 0.241 e. The molecule has 0 radical (unpaired) electrons. The molecule has 0 amide bonds. The van der Waals surface area contributed by atoms with Gasteiger partial charge in [-0.15, -0.1) is 21.5 Å². The van der Waals surface area contributed by atoms with E-state index in [0.717, 1.165) is 0 Å². The summed E-state index contributed by atoms with van der Waals surface area (Å²) in [4.78, 5) is 0.765. The number of aromatic nitrogens is 3. The fourth-order valence-electron chi connectivity index (χ4n) is 1.51. The largest absolute Gasteiger partial charge is 0.391 e. The minimum absolute atomic E-state index is 0.0838. The van der Waals surface area contributed by atoms with E-state index in [0.29, 0.717) is 17.2 Å². The first-order valence-electron chi connectivity index (χ1n) is 5.61. The number of nitrogens with zero attached hydrogens (tertiary/aromatic N) is 3. The Kier molecular flexibility index (Phi) is 4.30. The second kappa shape index (κ2) is 5.78. The standard InChI is InChI=1S/C10H14N4O3S2/c1-2-14-7-11-13-10(14)4-12-19(16,17)9-3-8(5-15)18-6-9/h3,6-7,12,15H,2,4-5H2,1H3. The van der Waals surface area contributed by atoms with Crippen LogP contribution in [-0.2, 0) is 29.7 Å². The lowest BCUT2D eigenvalue weighted by Crippen LogP contribution is -2.24. The second-order valence-electron chi connectivity index (χ2n) is 3.76. The van der Waals surface area contributed by atoms with Crippen molar-refractivity contribution in [1.29, 1.82) is 0 Å². The number of aliphatic hydroxyl groups excluding tert-OH is 1. The topological polar surface area (TPSA) is 97.1 Å². The Morgan fingerprint density at radius 3 is 2.95 bits per heavy atom. The lowest BCUT2D eigenvalue weighted by Gasteiger charge is -2.05. The molecular weight excluding hydrogens is 288 g/mol. The van der Waals surface area contributed by atoms with Crippen molar-refractivity contribution < 1.29 is 13.5 Å². The summed E-state index contributed by atoms with van der Waals surface area (Å²) in [5, 5.41) is 18.0. The van der Waals surface area contributed by atoms with E-state index in [9.17, 15) is 8.42 Å². The minimum atomic E-state index is -3.58. The molecule has 0 aromatic carbocycles. The molecule has 9 heteroatoms. The molecule has 0 spiro atoms. The number of hydrogen-bond acceptors (Lipinski definition) is 6. The highest BCUT2D eigenvalue weighted by molar-refractivity contribution is 7.89. The van der Waals surface area contributed by atoms with Crippen molar-refractivity contribution in [2.24, 2.45) is 0 Å². The van der Waals surface area contributed by atoms with Crippen LogP contribution in [0.3, 0.4) is 0 Å². The van der Waals surface area contributed by atoms with Crippen LogP contribution in [-0.4, -0.2) is 28.3 Å². The minimum Gasteiger partial charge on any atom is -0.391 e. The van der Waals surface area contributed by atoms with Gasteiger partial charge in [-0.2, -0.15) is 0 Å². The highest BCUT2D eigenvalue weighted by atomic mass is 32.2. The van der Waals surface area contributed by atoms with Gasteiger partial charge in [0.25, 0.3) is 0 Å². The van der Waals surface area contributed by atoms with E-state index in [4.69, 9.17) is 5.11 Å². The maximum atomic E-state index is 12.0. The third kappa shape index (κ3) is 3.18. The predicted molar refractivity (Wildman–Crippen MR) is 70.0 cm³/mol. The third-order valence-corrected chi connectivity index (χ3v) is 5.00. The van der Waals surface area contributed by atoms with Gasteiger partial charge >= 0.3 is 0 Å². The van der Waals surface area contributed by atoms with Gasteiger partial charge in [0.05, 0.1) is 18.0 Å². The van der Waals surface area contributed by atoms with Crippen molar-refractivity contribution in [3.8, 4) is 0 Å². The second-order valence-corrected chi connectivity index (χ2v) is 6.53. The van der Waals surface area contributed by atoms with Gasteiger partial charge in [0.2, 0.25) is 10.0 Å². The first-order chi connectivity index (χ1) is 9.06.